The molecule has 0 aliphatic heterocycles. The molecular formula is C47H29N3O. The summed E-state index contributed by atoms with van der Waals surface area (Å²) in [5, 5.41) is 6.89. The second-order valence-corrected chi connectivity index (χ2v) is 12.8. The molecule has 0 N–H and O–H groups in total. The van der Waals surface area contributed by atoms with Gasteiger partial charge in [0.25, 0.3) is 0 Å². The van der Waals surface area contributed by atoms with Gasteiger partial charge in [-0.2, -0.15) is 0 Å². The van der Waals surface area contributed by atoms with Gasteiger partial charge in [0.1, 0.15) is 11.2 Å². The zero-order valence-electron chi connectivity index (χ0n) is 27.5. The molecule has 0 saturated heterocycles. The molecule has 51 heavy (non-hydrogen) atoms. The Morgan fingerprint density at radius 3 is 1.71 bits per heavy atom. The molecule has 0 aliphatic carbocycles. The lowest BCUT2D eigenvalue weighted by Gasteiger charge is -2.14. The zero-order valence-corrected chi connectivity index (χ0v) is 27.5. The maximum atomic E-state index is 6.28. The van der Waals surface area contributed by atoms with Gasteiger partial charge in [0.05, 0.1) is 0 Å². The van der Waals surface area contributed by atoms with E-state index in [4.69, 9.17) is 19.4 Å². The molecule has 2 heterocycles. The van der Waals surface area contributed by atoms with Gasteiger partial charge in [0, 0.05) is 27.5 Å². The van der Waals surface area contributed by atoms with Gasteiger partial charge in [0.15, 0.2) is 17.5 Å². The Balaban J connectivity index is 1.16. The van der Waals surface area contributed by atoms with Crippen molar-refractivity contribution in [2.45, 2.75) is 0 Å². The van der Waals surface area contributed by atoms with E-state index in [2.05, 4.69) is 121 Å². The lowest BCUT2D eigenvalue weighted by Crippen LogP contribution is -2.01. The second-order valence-electron chi connectivity index (χ2n) is 12.8. The lowest BCUT2D eigenvalue weighted by molar-refractivity contribution is 0.669. The highest BCUT2D eigenvalue weighted by molar-refractivity contribution is 6.07. The first-order valence-corrected chi connectivity index (χ1v) is 17.1. The Morgan fingerprint density at radius 1 is 0.294 bits per heavy atom. The molecule has 0 spiro atoms. The van der Waals surface area contributed by atoms with Crippen LogP contribution in [0, 0.1) is 0 Å². The van der Waals surface area contributed by atoms with Crippen LogP contribution in [0.5, 0.6) is 0 Å². The summed E-state index contributed by atoms with van der Waals surface area (Å²) in [4.78, 5) is 15.5. The fraction of sp³-hybridized carbons (Fsp3) is 0. The summed E-state index contributed by atoms with van der Waals surface area (Å²) in [7, 11) is 0. The SMILES string of the molecule is c1ccc(-c2nc(-c3ccccc3-c3ccc4c(c3)oc3ccccc34)nc(-c3ccc(-c4ccc5ccccc5c4)c4ccccc34)n2)cc1. The van der Waals surface area contributed by atoms with Gasteiger partial charge in [-0.25, -0.2) is 15.0 Å². The van der Waals surface area contributed by atoms with Gasteiger partial charge in [-0.1, -0.05) is 146 Å². The third-order valence-corrected chi connectivity index (χ3v) is 9.75. The van der Waals surface area contributed by atoms with Crippen molar-refractivity contribution < 1.29 is 4.42 Å². The Hall–Kier alpha value is -6.91. The molecule has 10 rings (SSSR count). The zero-order chi connectivity index (χ0) is 33.7. The molecule has 0 unspecified atom stereocenters. The summed E-state index contributed by atoms with van der Waals surface area (Å²) in [6.45, 7) is 0. The van der Waals surface area contributed by atoms with E-state index in [1.165, 1.54) is 21.9 Å². The number of hydrogen-bond donors (Lipinski definition) is 0. The Labute approximate surface area is 294 Å². The van der Waals surface area contributed by atoms with Crippen molar-refractivity contribution in [2.24, 2.45) is 0 Å². The first kappa shape index (κ1) is 29.0. The highest BCUT2D eigenvalue weighted by Crippen LogP contribution is 2.39. The minimum absolute atomic E-state index is 0.613. The van der Waals surface area contributed by atoms with Crippen molar-refractivity contribution in [2.75, 3.05) is 0 Å². The molecular weight excluding hydrogens is 623 g/mol. The van der Waals surface area contributed by atoms with Crippen LogP contribution in [0.1, 0.15) is 0 Å². The number of benzene rings is 8. The molecule has 0 saturated carbocycles. The van der Waals surface area contributed by atoms with E-state index < -0.39 is 0 Å². The fourth-order valence-corrected chi connectivity index (χ4v) is 7.26. The molecule has 4 nitrogen and oxygen atoms in total. The van der Waals surface area contributed by atoms with E-state index in [9.17, 15) is 0 Å². The molecule has 0 fully saturated rings. The van der Waals surface area contributed by atoms with Gasteiger partial charge in [0.2, 0.25) is 0 Å². The van der Waals surface area contributed by atoms with Crippen molar-refractivity contribution in [3.05, 3.63) is 176 Å². The number of para-hydroxylation sites is 1. The molecule has 0 amide bonds. The van der Waals surface area contributed by atoms with Crippen LogP contribution in [0.3, 0.4) is 0 Å². The molecule has 8 aromatic carbocycles. The number of aromatic nitrogens is 3. The van der Waals surface area contributed by atoms with Gasteiger partial charge < -0.3 is 4.42 Å². The Bertz CT molecular complexity index is 2930. The van der Waals surface area contributed by atoms with E-state index in [0.29, 0.717) is 17.5 Å². The van der Waals surface area contributed by atoms with E-state index in [1.807, 2.05) is 54.6 Å². The third kappa shape index (κ3) is 5.04. The number of furan rings is 1. The van der Waals surface area contributed by atoms with E-state index in [0.717, 1.165) is 60.5 Å². The van der Waals surface area contributed by atoms with E-state index >= 15 is 0 Å². The predicted octanol–water partition coefficient (Wildman–Crippen LogP) is 12.4. The molecule has 0 aliphatic rings. The molecule has 0 bridgehead atoms. The van der Waals surface area contributed by atoms with Crippen LogP contribution in [-0.4, -0.2) is 15.0 Å². The molecule has 2 aromatic heterocycles. The number of nitrogens with zero attached hydrogens (tertiary/aromatic N) is 3. The minimum Gasteiger partial charge on any atom is -0.456 e. The van der Waals surface area contributed by atoms with Crippen molar-refractivity contribution in [3.8, 4) is 56.4 Å². The van der Waals surface area contributed by atoms with Crippen molar-refractivity contribution >= 4 is 43.5 Å². The van der Waals surface area contributed by atoms with Crippen LogP contribution < -0.4 is 0 Å². The predicted molar refractivity (Wildman–Crippen MR) is 209 cm³/mol. The van der Waals surface area contributed by atoms with Crippen LogP contribution in [0.15, 0.2) is 180 Å². The van der Waals surface area contributed by atoms with E-state index in [1.54, 1.807) is 0 Å². The average molecular weight is 652 g/mol. The highest BCUT2D eigenvalue weighted by atomic mass is 16.3. The van der Waals surface area contributed by atoms with Crippen molar-refractivity contribution in [1.29, 1.82) is 0 Å². The standard InChI is InChI=1S/C47H29N3O/c1-2-13-31(14-3-1)45-48-46(41-20-9-6-16-35(41)34-24-25-40-39-19-10-11-21-43(39)51-44(40)29-34)50-47(49-45)42-27-26-36(37-17-7-8-18-38(37)42)33-23-22-30-12-4-5-15-32(30)28-33/h1-29H. The Morgan fingerprint density at radius 2 is 0.863 bits per heavy atom. The number of hydrogen-bond acceptors (Lipinski definition) is 4. The van der Waals surface area contributed by atoms with Crippen molar-refractivity contribution in [1.82, 2.24) is 15.0 Å². The summed E-state index contributed by atoms with van der Waals surface area (Å²) in [5.74, 6) is 1.87. The van der Waals surface area contributed by atoms with Crippen LogP contribution in [0.4, 0.5) is 0 Å². The maximum Gasteiger partial charge on any atom is 0.164 e. The monoisotopic (exact) mass is 651 g/mol. The first-order valence-electron chi connectivity index (χ1n) is 17.1. The summed E-state index contributed by atoms with van der Waals surface area (Å²) < 4.78 is 6.28. The van der Waals surface area contributed by atoms with Crippen LogP contribution >= 0.6 is 0 Å². The normalized spacial score (nSPS) is 11.5. The largest absolute Gasteiger partial charge is 0.456 e. The van der Waals surface area contributed by atoms with Gasteiger partial charge >= 0.3 is 0 Å². The Kier molecular flexibility index (Phi) is 6.78. The molecule has 0 atom stereocenters. The minimum atomic E-state index is 0.613. The molecule has 0 radical (unpaired) electrons. The fourth-order valence-electron chi connectivity index (χ4n) is 7.26. The maximum absolute atomic E-state index is 6.28. The van der Waals surface area contributed by atoms with Crippen LogP contribution in [0.2, 0.25) is 0 Å². The van der Waals surface area contributed by atoms with Crippen LogP contribution in [0.25, 0.3) is 99.9 Å². The van der Waals surface area contributed by atoms with Crippen LogP contribution in [-0.2, 0) is 0 Å². The summed E-state index contributed by atoms with van der Waals surface area (Å²) in [5.41, 5.74) is 8.94. The van der Waals surface area contributed by atoms with Gasteiger partial charge in [-0.05, 0) is 74.1 Å². The van der Waals surface area contributed by atoms with Gasteiger partial charge in [-0.3, -0.25) is 0 Å². The number of rotatable bonds is 5. The summed E-state index contributed by atoms with van der Waals surface area (Å²) in [6, 6.07) is 61.1. The summed E-state index contributed by atoms with van der Waals surface area (Å²) >= 11 is 0. The average Bonchev–Trinajstić information content (AvgIpc) is 3.58. The molecule has 4 heteroatoms. The van der Waals surface area contributed by atoms with E-state index in [-0.39, 0.29) is 0 Å². The molecule has 10 aromatic rings. The topological polar surface area (TPSA) is 51.8 Å². The lowest BCUT2D eigenvalue weighted by atomic mass is 9.93. The quantitative estimate of drug-likeness (QED) is 0.186. The number of fused-ring (bicyclic) bond motifs is 5. The van der Waals surface area contributed by atoms with Gasteiger partial charge in [-0.15, -0.1) is 0 Å². The smallest absolute Gasteiger partial charge is 0.164 e. The van der Waals surface area contributed by atoms with Crippen molar-refractivity contribution in [3.63, 3.8) is 0 Å². The first-order chi connectivity index (χ1) is 25.3. The highest BCUT2D eigenvalue weighted by Gasteiger charge is 2.19. The third-order valence-electron chi connectivity index (χ3n) is 9.75. The summed E-state index contributed by atoms with van der Waals surface area (Å²) in [6.07, 6.45) is 0. The molecule has 238 valence electrons. The second kappa shape index (κ2) is 11.9.